The molecule has 0 bridgehead atoms. The van der Waals surface area contributed by atoms with Gasteiger partial charge < -0.3 is 10.2 Å². The molecule has 2 unspecified atom stereocenters. The number of hydrogen-bond donors (Lipinski definition) is 2. The van der Waals surface area contributed by atoms with Crippen LogP contribution in [-0.4, -0.2) is 22.4 Å². The largest absolute Gasteiger partial charge is 0.393 e. The normalized spacial score (nSPS) is 24.1. The summed E-state index contributed by atoms with van der Waals surface area (Å²) in [6.07, 6.45) is 16.0. The molecule has 2 heteroatoms. The first kappa shape index (κ1) is 17.5. The maximum Gasteiger partial charge on any atom is 0.0889 e. The number of hydrogen-bond acceptors (Lipinski definition) is 2. The van der Waals surface area contributed by atoms with E-state index in [2.05, 4.69) is 12.3 Å². The zero-order chi connectivity index (χ0) is 15.8. The van der Waals surface area contributed by atoms with Crippen molar-refractivity contribution >= 4 is 0 Å². The van der Waals surface area contributed by atoms with Gasteiger partial charge in [0, 0.05) is 5.57 Å². The van der Waals surface area contributed by atoms with Gasteiger partial charge in [0.05, 0.1) is 12.2 Å². The molecule has 2 aliphatic carbocycles. The summed E-state index contributed by atoms with van der Waals surface area (Å²) in [4.78, 5) is 0. The Balaban J connectivity index is 1.82. The lowest BCUT2D eigenvalue weighted by atomic mass is 9.82. The summed E-state index contributed by atoms with van der Waals surface area (Å²) in [6, 6.07) is 0. The van der Waals surface area contributed by atoms with E-state index in [4.69, 9.17) is 0 Å². The molecular formula is C20H32O2. The van der Waals surface area contributed by atoms with E-state index in [1.807, 2.05) is 12.2 Å². The van der Waals surface area contributed by atoms with Gasteiger partial charge in [-0.2, -0.15) is 0 Å². The fourth-order valence-corrected chi connectivity index (χ4v) is 4.01. The first-order chi connectivity index (χ1) is 10.7. The average molecular weight is 304 g/mol. The van der Waals surface area contributed by atoms with E-state index in [9.17, 15) is 10.2 Å². The summed E-state index contributed by atoms with van der Waals surface area (Å²) in [5.41, 5.74) is 3.69. The second kappa shape index (κ2) is 9.35. The van der Waals surface area contributed by atoms with E-state index >= 15 is 0 Å². The van der Waals surface area contributed by atoms with Gasteiger partial charge in [-0.15, -0.1) is 5.73 Å². The van der Waals surface area contributed by atoms with Crippen molar-refractivity contribution in [1.82, 2.24) is 0 Å². The molecule has 0 aliphatic heterocycles. The summed E-state index contributed by atoms with van der Waals surface area (Å²) in [5, 5.41) is 20.8. The van der Waals surface area contributed by atoms with Gasteiger partial charge in [0.2, 0.25) is 0 Å². The van der Waals surface area contributed by atoms with Crippen LogP contribution in [-0.2, 0) is 0 Å². The Morgan fingerprint density at radius 2 is 1.50 bits per heavy atom. The zero-order valence-corrected chi connectivity index (χ0v) is 13.8. The molecule has 2 rings (SSSR count). The van der Waals surface area contributed by atoms with Gasteiger partial charge in [-0.05, 0) is 43.9 Å². The van der Waals surface area contributed by atoms with Crippen LogP contribution in [0.25, 0.3) is 0 Å². The minimum Gasteiger partial charge on any atom is -0.393 e. The highest BCUT2D eigenvalue weighted by atomic mass is 16.3. The fraction of sp³-hybridized carbons (Fsp3) is 0.750. The zero-order valence-electron chi connectivity index (χ0n) is 13.8. The fourth-order valence-electron chi connectivity index (χ4n) is 4.01. The minimum atomic E-state index is -0.444. The van der Waals surface area contributed by atoms with E-state index in [-0.39, 0.29) is 6.10 Å². The third-order valence-electron chi connectivity index (χ3n) is 5.49. The third kappa shape index (κ3) is 5.12. The Morgan fingerprint density at radius 1 is 0.955 bits per heavy atom. The van der Waals surface area contributed by atoms with Gasteiger partial charge in [0.1, 0.15) is 0 Å². The van der Waals surface area contributed by atoms with Gasteiger partial charge in [-0.25, -0.2) is 0 Å². The predicted octanol–water partition coefficient (Wildman–Crippen LogP) is 4.53. The molecule has 0 spiro atoms. The van der Waals surface area contributed by atoms with Crippen molar-refractivity contribution < 1.29 is 10.2 Å². The molecule has 0 heterocycles. The van der Waals surface area contributed by atoms with E-state index in [1.165, 1.54) is 38.5 Å². The Labute approximate surface area is 135 Å². The number of aliphatic hydroxyl groups is 2. The summed E-state index contributed by atoms with van der Waals surface area (Å²) in [7, 11) is 0. The second-order valence-electron chi connectivity index (χ2n) is 7.08. The Morgan fingerprint density at radius 3 is 2.05 bits per heavy atom. The predicted molar refractivity (Wildman–Crippen MR) is 91.6 cm³/mol. The molecular weight excluding hydrogens is 272 g/mol. The van der Waals surface area contributed by atoms with Crippen LogP contribution in [0.15, 0.2) is 30.0 Å². The van der Waals surface area contributed by atoms with E-state index < -0.39 is 6.10 Å². The highest BCUT2D eigenvalue weighted by molar-refractivity contribution is 5.22. The Kier molecular flexibility index (Phi) is 7.45. The first-order valence-corrected chi connectivity index (χ1v) is 9.15. The standard InChI is InChI=1S/C20H32O2/c1-2-16(20(22)18-12-7-4-8-13-18)14-9-15-19(21)17-10-5-3-6-11-17/h9,14,17-22H,1,3-8,10-13,15H2/b14-9+. The molecule has 0 aromatic carbocycles. The van der Waals surface area contributed by atoms with Crippen molar-refractivity contribution in [3.8, 4) is 0 Å². The van der Waals surface area contributed by atoms with Gasteiger partial charge >= 0.3 is 0 Å². The topological polar surface area (TPSA) is 40.5 Å². The number of aliphatic hydroxyl groups excluding tert-OH is 2. The molecule has 0 aromatic rings. The summed E-state index contributed by atoms with van der Waals surface area (Å²) < 4.78 is 0. The van der Waals surface area contributed by atoms with Gasteiger partial charge in [0.15, 0.2) is 0 Å². The third-order valence-corrected chi connectivity index (χ3v) is 5.49. The van der Waals surface area contributed by atoms with Crippen molar-refractivity contribution in [2.45, 2.75) is 82.8 Å². The molecule has 2 atom stereocenters. The minimum absolute atomic E-state index is 0.241. The van der Waals surface area contributed by atoms with Crippen LogP contribution in [0.1, 0.15) is 70.6 Å². The molecule has 22 heavy (non-hydrogen) atoms. The van der Waals surface area contributed by atoms with Crippen molar-refractivity contribution in [3.05, 3.63) is 30.0 Å². The smallest absolute Gasteiger partial charge is 0.0889 e. The van der Waals surface area contributed by atoms with E-state index in [0.29, 0.717) is 18.3 Å². The SMILES string of the molecule is C=C=C(/C=C/CC(O)C1CCCCC1)C(O)C1CCCCC1. The van der Waals surface area contributed by atoms with Crippen molar-refractivity contribution in [2.24, 2.45) is 11.8 Å². The lowest BCUT2D eigenvalue weighted by molar-refractivity contribution is 0.0872. The van der Waals surface area contributed by atoms with Crippen LogP contribution < -0.4 is 0 Å². The van der Waals surface area contributed by atoms with Crippen molar-refractivity contribution in [3.63, 3.8) is 0 Å². The van der Waals surface area contributed by atoms with Gasteiger partial charge in [0.25, 0.3) is 0 Å². The molecule has 0 radical (unpaired) electrons. The highest BCUT2D eigenvalue weighted by Gasteiger charge is 2.24. The van der Waals surface area contributed by atoms with Crippen LogP contribution in [0, 0.1) is 11.8 Å². The van der Waals surface area contributed by atoms with Gasteiger partial charge in [-0.1, -0.05) is 57.3 Å². The van der Waals surface area contributed by atoms with Crippen LogP contribution in [0.4, 0.5) is 0 Å². The monoisotopic (exact) mass is 304 g/mol. The lowest BCUT2D eigenvalue weighted by Gasteiger charge is -2.27. The summed E-state index contributed by atoms with van der Waals surface area (Å²) in [5.74, 6) is 0.809. The summed E-state index contributed by atoms with van der Waals surface area (Å²) >= 11 is 0. The van der Waals surface area contributed by atoms with Crippen molar-refractivity contribution in [2.75, 3.05) is 0 Å². The number of rotatable bonds is 6. The molecule has 2 nitrogen and oxygen atoms in total. The Hall–Kier alpha value is -0.820. The molecule has 2 aliphatic rings. The van der Waals surface area contributed by atoms with Crippen LogP contribution >= 0.6 is 0 Å². The maximum absolute atomic E-state index is 10.5. The van der Waals surface area contributed by atoms with E-state index in [0.717, 1.165) is 31.3 Å². The second-order valence-corrected chi connectivity index (χ2v) is 7.08. The van der Waals surface area contributed by atoms with Crippen LogP contribution in [0.2, 0.25) is 0 Å². The quantitative estimate of drug-likeness (QED) is 0.559. The average Bonchev–Trinajstić information content (AvgIpc) is 2.59. The molecule has 124 valence electrons. The summed E-state index contributed by atoms with van der Waals surface area (Å²) in [6.45, 7) is 3.73. The first-order valence-electron chi connectivity index (χ1n) is 9.15. The Bertz CT molecular complexity index is 394. The maximum atomic E-state index is 10.5. The molecule has 0 saturated heterocycles. The molecule has 2 fully saturated rings. The molecule has 0 aromatic heterocycles. The molecule has 2 N–H and O–H groups in total. The van der Waals surface area contributed by atoms with E-state index in [1.54, 1.807) is 0 Å². The molecule has 0 amide bonds. The lowest BCUT2D eigenvalue weighted by Crippen LogP contribution is -2.24. The van der Waals surface area contributed by atoms with Crippen molar-refractivity contribution in [1.29, 1.82) is 0 Å². The highest BCUT2D eigenvalue weighted by Crippen LogP contribution is 2.30. The van der Waals surface area contributed by atoms with Crippen LogP contribution in [0.3, 0.4) is 0 Å². The van der Waals surface area contributed by atoms with Crippen LogP contribution in [0.5, 0.6) is 0 Å². The molecule has 2 saturated carbocycles. The van der Waals surface area contributed by atoms with Gasteiger partial charge in [-0.3, -0.25) is 0 Å².